The molecule has 0 saturated heterocycles. The molecule has 0 aliphatic heterocycles. The van der Waals surface area contributed by atoms with E-state index in [-0.39, 0.29) is 62.1 Å². The van der Waals surface area contributed by atoms with E-state index in [0.717, 1.165) is 0 Å². The fourth-order valence-electron chi connectivity index (χ4n) is 0.837. The molecule has 0 aromatic carbocycles. The average Bonchev–Trinajstić information content (AvgIpc) is 1.82. The van der Waals surface area contributed by atoms with Gasteiger partial charge in [0.1, 0.15) is 5.15 Å². The minimum atomic E-state index is -4.78. The molecule has 0 saturated carbocycles. The van der Waals surface area contributed by atoms with Crippen molar-refractivity contribution < 1.29 is 64.3 Å². The molecule has 1 aromatic heterocycles. The summed E-state index contributed by atoms with van der Waals surface area (Å²) in [5.74, 6) is 0. The molecule has 0 spiro atoms. The van der Waals surface area contributed by atoms with Gasteiger partial charge in [-0.3, -0.25) is 0 Å². The Morgan fingerprint density at radius 3 is 2.46 bits per heavy atom. The first-order valence-electron chi connectivity index (χ1n) is 3.29. The molecule has 1 aromatic rings. The molecule has 0 N–H and O–H groups in total. The Morgan fingerprint density at radius 1 is 1.38 bits per heavy atom. The number of aromatic nitrogens is 1. The molecule has 1 heterocycles. The molecule has 0 amide bonds. The zero-order valence-corrected chi connectivity index (χ0v) is 10.9. The van der Waals surface area contributed by atoms with Crippen LogP contribution in [0.4, 0.5) is 12.9 Å². The van der Waals surface area contributed by atoms with E-state index in [2.05, 4.69) is 4.98 Å². The van der Waals surface area contributed by atoms with Crippen LogP contribution in [0.1, 0.15) is 5.56 Å². The topological polar surface area (TPSA) is 12.9 Å². The fraction of sp³-hybridized carbons (Fsp3) is 0.167. The Balaban J connectivity index is 0.00000144. The van der Waals surface area contributed by atoms with Gasteiger partial charge >= 0.3 is 58.4 Å². The Bertz CT molecular complexity index is 281. The van der Waals surface area contributed by atoms with Crippen LogP contribution in [0.3, 0.4) is 0 Å². The molecular weight excluding hydrogens is 228 g/mol. The maximum absolute atomic E-state index is 11.9. The maximum Gasteiger partial charge on any atom is 1.00 e. The van der Waals surface area contributed by atoms with Crippen molar-refractivity contribution in [3.8, 4) is 0 Å². The largest absolute Gasteiger partial charge is 1.00 e. The van der Waals surface area contributed by atoms with Crippen LogP contribution in [0.2, 0.25) is 5.15 Å². The van der Waals surface area contributed by atoms with Gasteiger partial charge in [0, 0.05) is 6.20 Å². The van der Waals surface area contributed by atoms with Gasteiger partial charge in [-0.15, -0.1) is 0 Å². The second kappa shape index (κ2) is 5.73. The monoisotopic (exact) mass is 233 g/mol. The van der Waals surface area contributed by atoms with Crippen LogP contribution >= 0.6 is 11.6 Å². The second-order valence-electron chi connectivity index (χ2n) is 2.40. The van der Waals surface area contributed by atoms with Crippen LogP contribution < -0.4 is 51.4 Å². The summed E-state index contributed by atoms with van der Waals surface area (Å²) in [7, 11) is 0. The quantitative estimate of drug-likeness (QED) is 0.503. The Hall–Kier alpha value is 0.931. The Labute approximate surface area is 122 Å². The van der Waals surface area contributed by atoms with Gasteiger partial charge in [-0.25, -0.2) is 4.98 Å². The summed E-state index contributed by atoms with van der Waals surface area (Å²) >= 11 is 5.40. The van der Waals surface area contributed by atoms with Crippen molar-refractivity contribution in [2.24, 2.45) is 0 Å². The third-order valence-corrected chi connectivity index (χ3v) is 1.46. The minimum Gasteiger partial charge on any atom is -0.449 e. The SMILES string of the molecule is F[B-](F)(F)Cc1ccnc(Cl)c1.[K+]. The van der Waals surface area contributed by atoms with E-state index in [1.54, 1.807) is 0 Å². The smallest absolute Gasteiger partial charge is 0.449 e. The van der Waals surface area contributed by atoms with Gasteiger partial charge in [0.25, 0.3) is 0 Å². The van der Waals surface area contributed by atoms with Crippen molar-refractivity contribution >= 4 is 18.6 Å². The van der Waals surface area contributed by atoms with Gasteiger partial charge in [0.15, 0.2) is 0 Å². The molecule has 13 heavy (non-hydrogen) atoms. The van der Waals surface area contributed by atoms with E-state index >= 15 is 0 Å². The molecule has 0 aliphatic rings. The van der Waals surface area contributed by atoms with Gasteiger partial charge in [0.05, 0.1) is 0 Å². The normalized spacial score (nSPS) is 10.8. The number of pyridine rings is 1. The molecule has 0 unspecified atom stereocenters. The van der Waals surface area contributed by atoms with E-state index in [4.69, 9.17) is 11.6 Å². The summed E-state index contributed by atoms with van der Waals surface area (Å²) < 4.78 is 35.6. The third-order valence-electron chi connectivity index (χ3n) is 1.26. The van der Waals surface area contributed by atoms with Crippen LogP contribution in [0.15, 0.2) is 18.3 Å². The van der Waals surface area contributed by atoms with Crippen molar-refractivity contribution in [2.75, 3.05) is 0 Å². The van der Waals surface area contributed by atoms with Crippen molar-refractivity contribution in [2.45, 2.75) is 6.32 Å². The molecule has 66 valence electrons. The van der Waals surface area contributed by atoms with E-state index in [1.807, 2.05) is 0 Å². The zero-order valence-electron chi connectivity index (χ0n) is 6.98. The first kappa shape index (κ1) is 13.9. The number of hydrogen-bond donors (Lipinski definition) is 0. The van der Waals surface area contributed by atoms with Crippen LogP contribution in [0.25, 0.3) is 0 Å². The molecule has 0 fully saturated rings. The molecule has 0 aliphatic carbocycles. The molecule has 1 nitrogen and oxygen atoms in total. The van der Waals surface area contributed by atoms with E-state index in [9.17, 15) is 12.9 Å². The van der Waals surface area contributed by atoms with Gasteiger partial charge in [0.2, 0.25) is 0 Å². The van der Waals surface area contributed by atoms with Crippen LogP contribution in [-0.4, -0.2) is 12.0 Å². The molecule has 0 bridgehead atoms. The van der Waals surface area contributed by atoms with E-state index < -0.39 is 13.3 Å². The Kier molecular flexibility index (Phi) is 6.14. The number of halogens is 4. The fourth-order valence-corrected chi connectivity index (χ4v) is 1.03. The molecule has 7 heteroatoms. The number of rotatable bonds is 2. The van der Waals surface area contributed by atoms with Crippen LogP contribution in [-0.2, 0) is 6.32 Å². The van der Waals surface area contributed by atoms with E-state index in [1.165, 1.54) is 18.3 Å². The van der Waals surface area contributed by atoms with Crippen molar-refractivity contribution in [1.82, 2.24) is 4.98 Å². The summed E-state index contributed by atoms with van der Waals surface area (Å²) in [6.45, 7) is -4.78. The first-order chi connectivity index (χ1) is 5.47. The predicted molar refractivity (Wildman–Crippen MR) is 42.0 cm³/mol. The number of hydrogen-bond acceptors (Lipinski definition) is 1. The van der Waals surface area contributed by atoms with Gasteiger partial charge in [-0.1, -0.05) is 23.5 Å². The van der Waals surface area contributed by atoms with Gasteiger partial charge in [-0.2, -0.15) is 0 Å². The van der Waals surface area contributed by atoms with Gasteiger partial charge in [-0.05, 0) is 12.1 Å². The first-order valence-corrected chi connectivity index (χ1v) is 3.66. The predicted octanol–water partition coefficient (Wildman–Crippen LogP) is -0.332. The third kappa shape index (κ3) is 6.09. The second-order valence-corrected chi connectivity index (χ2v) is 2.79. The van der Waals surface area contributed by atoms with Crippen LogP contribution in [0.5, 0.6) is 0 Å². The van der Waals surface area contributed by atoms with Crippen molar-refractivity contribution in [3.05, 3.63) is 29.0 Å². The summed E-state index contributed by atoms with van der Waals surface area (Å²) in [4.78, 5) is 3.57. The van der Waals surface area contributed by atoms with Crippen molar-refractivity contribution in [3.63, 3.8) is 0 Å². The number of nitrogens with zero attached hydrogens (tertiary/aromatic N) is 1. The molecular formula is C6H5BClF3KN. The Morgan fingerprint density at radius 2 is 2.00 bits per heavy atom. The van der Waals surface area contributed by atoms with Gasteiger partial charge < -0.3 is 12.9 Å². The zero-order chi connectivity index (χ0) is 9.19. The molecule has 0 radical (unpaired) electrons. The standard InChI is InChI=1S/C6H5BClF3N.K/c8-6-3-5(1-2-12-6)4-7(9,10)11;/h1-3H,4H2;/q-1;+1. The summed E-state index contributed by atoms with van der Waals surface area (Å²) in [5, 5.41) is 0.0903. The maximum atomic E-state index is 11.9. The average molecular weight is 233 g/mol. The minimum absolute atomic E-state index is 0. The summed E-state index contributed by atoms with van der Waals surface area (Å²) in [6.07, 6.45) is 0.363. The summed E-state index contributed by atoms with van der Waals surface area (Å²) in [6, 6.07) is 2.53. The molecule has 0 atom stereocenters. The summed E-state index contributed by atoms with van der Waals surface area (Å²) in [5.41, 5.74) is 0.155. The molecule has 1 rings (SSSR count). The van der Waals surface area contributed by atoms with E-state index in [0.29, 0.717) is 0 Å². The van der Waals surface area contributed by atoms with Crippen LogP contribution in [0, 0.1) is 0 Å². The van der Waals surface area contributed by atoms with Crippen molar-refractivity contribution in [1.29, 1.82) is 0 Å².